The van der Waals surface area contributed by atoms with Crippen LogP contribution in [0.25, 0.3) is 0 Å². The summed E-state index contributed by atoms with van der Waals surface area (Å²) in [5.74, 6) is -0.507. The Hall–Kier alpha value is -3.65. The lowest BCUT2D eigenvalue weighted by molar-refractivity contribution is -0.139. The first-order chi connectivity index (χ1) is 18.0. The summed E-state index contributed by atoms with van der Waals surface area (Å²) in [7, 11) is -4.07. The molecule has 8 heteroatoms. The van der Waals surface area contributed by atoms with E-state index in [1.54, 1.807) is 31.2 Å². The molecule has 0 radical (unpaired) electrons. The maximum Gasteiger partial charge on any atom is 0.264 e. The molecule has 0 bridgehead atoms. The Kier molecular flexibility index (Phi) is 9.69. The largest absolute Gasteiger partial charge is 0.354 e. The van der Waals surface area contributed by atoms with Crippen LogP contribution in [0.2, 0.25) is 0 Å². The maximum atomic E-state index is 13.9. The van der Waals surface area contributed by atoms with Gasteiger partial charge in [0.25, 0.3) is 10.0 Å². The smallest absolute Gasteiger partial charge is 0.264 e. The lowest BCUT2D eigenvalue weighted by Gasteiger charge is -2.32. The van der Waals surface area contributed by atoms with E-state index in [0.29, 0.717) is 12.2 Å². The quantitative estimate of drug-likeness (QED) is 0.386. The summed E-state index contributed by atoms with van der Waals surface area (Å²) in [6, 6.07) is 22.1. The minimum absolute atomic E-state index is 0.0881. The minimum Gasteiger partial charge on any atom is -0.354 e. The van der Waals surface area contributed by atoms with Crippen molar-refractivity contribution in [2.45, 2.75) is 52.1 Å². The topological polar surface area (TPSA) is 86.8 Å². The van der Waals surface area contributed by atoms with Gasteiger partial charge < -0.3 is 10.2 Å². The fourth-order valence-electron chi connectivity index (χ4n) is 4.13. The molecule has 1 N–H and O–H groups in total. The van der Waals surface area contributed by atoms with Gasteiger partial charge in [-0.3, -0.25) is 13.9 Å². The SMILES string of the molecule is Cc1ccc(N(CC(=O)N(Cc2ccccc2)[C@H](C)C(=O)NCC(C)C)S(=O)(=O)c2ccccc2)c(C)c1. The van der Waals surface area contributed by atoms with Crippen LogP contribution < -0.4 is 9.62 Å². The Morgan fingerprint density at radius 2 is 1.47 bits per heavy atom. The lowest BCUT2D eigenvalue weighted by Crippen LogP contribution is -2.51. The summed E-state index contributed by atoms with van der Waals surface area (Å²) in [5.41, 5.74) is 2.98. The third-order valence-corrected chi connectivity index (χ3v) is 8.05. The molecule has 3 aromatic rings. The first kappa shape index (κ1) is 28.9. The van der Waals surface area contributed by atoms with E-state index in [2.05, 4.69) is 5.32 Å². The molecule has 0 heterocycles. The number of amides is 2. The molecule has 2 amide bonds. The number of rotatable bonds is 11. The monoisotopic (exact) mass is 535 g/mol. The van der Waals surface area contributed by atoms with Crippen LogP contribution in [0, 0.1) is 19.8 Å². The molecule has 0 aromatic heterocycles. The number of aryl methyl sites for hydroxylation is 2. The van der Waals surface area contributed by atoms with E-state index in [0.717, 1.165) is 21.0 Å². The van der Waals surface area contributed by atoms with Crippen LogP contribution in [0.15, 0.2) is 83.8 Å². The number of sulfonamides is 1. The summed E-state index contributed by atoms with van der Waals surface area (Å²) < 4.78 is 28.8. The van der Waals surface area contributed by atoms with Gasteiger partial charge in [0.05, 0.1) is 10.6 Å². The number of anilines is 1. The standard InChI is InChI=1S/C30H37N3O4S/c1-22(2)19-31-30(35)25(5)32(20-26-12-8-6-9-13-26)29(34)21-33(28-17-16-23(3)18-24(28)4)38(36,37)27-14-10-7-11-15-27/h6-18,22,25H,19-21H2,1-5H3,(H,31,35)/t25-/m1/s1. The van der Waals surface area contributed by atoms with Crippen molar-refractivity contribution < 1.29 is 18.0 Å². The predicted molar refractivity (Wildman–Crippen MR) is 151 cm³/mol. The molecule has 0 aliphatic carbocycles. The van der Waals surface area contributed by atoms with Gasteiger partial charge in [-0.25, -0.2) is 8.42 Å². The van der Waals surface area contributed by atoms with Crippen molar-refractivity contribution in [2.75, 3.05) is 17.4 Å². The Bertz CT molecular complexity index is 1340. The van der Waals surface area contributed by atoms with Gasteiger partial charge >= 0.3 is 0 Å². The van der Waals surface area contributed by atoms with E-state index in [4.69, 9.17) is 0 Å². The van der Waals surface area contributed by atoms with E-state index >= 15 is 0 Å². The molecule has 7 nitrogen and oxygen atoms in total. The summed E-state index contributed by atoms with van der Waals surface area (Å²) in [6.45, 7) is 9.61. The van der Waals surface area contributed by atoms with Crippen molar-refractivity contribution in [2.24, 2.45) is 5.92 Å². The van der Waals surface area contributed by atoms with E-state index < -0.39 is 28.5 Å². The van der Waals surface area contributed by atoms with Gasteiger partial charge in [-0.05, 0) is 56.0 Å². The van der Waals surface area contributed by atoms with Crippen molar-refractivity contribution in [3.8, 4) is 0 Å². The molecule has 0 aliphatic rings. The molecule has 0 saturated heterocycles. The molecule has 0 spiro atoms. The first-order valence-electron chi connectivity index (χ1n) is 12.8. The highest BCUT2D eigenvalue weighted by Gasteiger charge is 2.33. The number of carbonyl (C=O) groups is 2. The van der Waals surface area contributed by atoms with Gasteiger partial charge in [0, 0.05) is 13.1 Å². The second-order valence-corrected chi connectivity index (χ2v) is 11.8. The van der Waals surface area contributed by atoms with E-state index in [9.17, 15) is 18.0 Å². The molecule has 0 saturated carbocycles. The molecular weight excluding hydrogens is 498 g/mol. The summed E-state index contributed by atoms with van der Waals surface area (Å²) in [6.07, 6.45) is 0. The van der Waals surface area contributed by atoms with Gasteiger partial charge in [-0.2, -0.15) is 0 Å². The van der Waals surface area contributed by atoms with Crippen LogP contribution in [-0.2, 0) is 26.2 Å². The van der Waals surface area contributed by atoms with Crippen LogP contribution in [-0.4, -0.2) is 44.3 Å². The Morgan fingerprint density at radius 1 is 0.868 bits per heavy atom. The van der Waals surface area contributed by atoms with E-state index in [1.807, 2.05) is 70.2 Å². The van der Waals surface area contributed by atoms with Crippen LogP contribution in [0.3, 0.4) is 0 Å². The van der Waals surface area contributed by atoms with Gasteiger partial charge in [0.2, 0.25) is 11.8 Å². The van der Waals surface area contributed by atoms with Gasteiger partial charge in [0.1, 0.15) is 12.6 Å². The van der Waals surface area contributed by atoms with Crippen LogP contribution in [0.5, 0.6) is 0 Å². The third kappa shape index (κ3) is 7.22. The summed E-state index contributed by atoms with van der Waals surface area (Å²) in [4.78, 5) is 28.5. The van der Waals surface area contributed by atoms with Gasteiger partial charge in [-0.1, -0.05) is 80.1 Å². The Morgan fingerprint density at radius 3 is 2.05 bits per heavy atom. The molecule has 0 fully saturated rings. The predicted octanol–water partition coefficient (Wildman–Crippen LogP) is 4.69. The van der Waals surface area contributed by atoms with E-state index in [1.165, 1.54) is 17.0 Å². The average molecular weight is 536 g/mol. The van der Waals surface area contributed by atoms with Gasteiger partial charge in [-0.15, -0.1) is 0 Å². The molecule has 0 unspecified atom stereocenters. The van der Waals surface area contributed by atoms with Crippen molar-refractivity contribution in [3.63, 3.8) is 0 Å². The second kappa shape index (κ2) is 12.7. The number of nitrogens with zero attached hydrogens (tertiary/aromatic N) is 2. The first-order valence-corrected chi connectivity index (χ1v) is 14.2. The zero-order valence-corrected chi connectivity index (χ0v) is 23.5. The van der Waals surface area contributed by atoms with Crippen molar-refractivity contribution in [3.05, 3.63) is 95.6 Å². The summed E-state index contributed by atoms with van der Waals surface area (Å²) >= 11 is 0. The fourth-order valence-corrected chi connectivity index (χ4v) is 5.63. The fraction of sp³-hybridized carbons (Fsp3) is 0.333. The van der Waals surface area contributed by atoms with Crippen molar-refractivity contribution >= 4 is 27.5 Å². The highest BCUT2D eigenvalue weighted by molar-refractivity contribution is 7.92. The van der Waals surface area contributed by atoms with E-state index in [-0.39, 0.29) is 23.3 Å². The molecule has 202 valence electrons. The van der Waals surface area contributed by atoms with Crippen LogP contribution >= 0.6 is 0 Å². The average Bonchev–Trinajstić information content (AvgIpc) is 2.90. The zero-order chi connectivity index (χ0) is 27.9. The van der Waals surface area contributed by atoms with Crippen molar-refractivity contribution in [1.82, 2.24) is 10.2 Å². The number of hydrogen-bond acceptors (Lipinski definition) is 4. The summed E-state index contributed by atoms with van der Waals surface area (Å²) in [5, 5.41) is 2.89. The maximum absolute atomic E-state index is 13.9. The highest BCUT2D eigenvalue weighted by Crippen LogP contribution is 2.28. The molecule has 1 atom stereocenters. The second-order valence-electron chi connectivity index (χ2n) is 9.94. The van der Waals surface area contributed by atoms with Crippen LogP contribution in [0.1, 0.15) is 37.5 Å². The van der Waals surface area contributed by atoms with Crippen LogP contribution in [0.4, 0.5) is 5.69 Å². The number of carbonyl (C=O) groups excluding carboxylic acids is 2. The minimum atomic E-state index is -4.07. The highest BCUT2D eigenvalue weighted by atomic mass is 32.2. The molecule has 38 heavy (non-hydrogen) atoms. The molecular formula is C30H37N3O4S. The Balaban J connectivity index is 2.02. The normalized spacial score (nSPS) is 12.2. The number of hydrogen-bond donors (Lipinski definition) is 1. The third-order valence-electron chi connectivity index (χ3n) is 6.28. The van der Waals surface area contributed by atoms with Gasteiger partial charge in [0.15, 0.2) is 0 Å². The number of nitrogens with one attached hydrogen (secondary N) is 1. The van der Waals surface area contributed by atoms with Crippen molar-refractivity contribution in [1.29, 1.82) is 0 Å². The number of benzene rings is 3. The molecule has 3 aromatic carbocycles. The molecule has 3 rings (SSSR count). The Labute approximate surface area is 226 Å². The molecule has 0 aliphatic heterocycles. The zero-order valence-electron chi connectivity index (χ0n) is 22.7. The lowest BCUT2D eigenvalue weighted by atomic mass is 10.1.